The largest absolute Gasteiger partial charge is 0.252 e. The Morgan fingerprint density at radius 1 is 0.655 bits per heavy atom. The minimum atomic E-state index is -0.258. The Morgan fingerprint density at radius 2 is 1.00 bits per heavy atom. The van der Waals surface area contributed by atoms with E-state index in [1.54, 1.807) is 0 Å². The molecule has 0 saturated heterocycles. The number of hydrogen-bond donors (Lipinski definition) is 0. The summed E-state index contributed by atoms with van der Waals surface area (Å²) in [4.78, 5) is 19.4. The van der Waals surface area contributed by atoms with E-state index in [4.69, 9.17) is 20.0 Å². The highest BCUT2D eigenvalue weighted by atomic mass is 79.9. The molecule has 5 heteroatoms. The van der Waals surface area contributed by atoms with Gasteiger partial charge in [0, 0.05) is 15.6 Å². The number of halogens is 1. The van der Waals surface area contributed by atoms with E-state index in [1.807, 2.05) is 48.5 Å². The van der Waals surface area contributed by atoms with Gasteiger partial charge < -0.3 is 0 Å². The minimum Gasteiger partial charge on any atom is -0.252 e. The highest BCUT2D eigenvalue weighted by Gasteiger charge is 2.26. The van der Waals surface area contributed by atoms with E-state index in [9.17, 15) is 0 Å². The first-order valence-corrected chi connectivity index (χ1v) is 10.5. The molecule has 0 aromatic heterocycles. The Balaban J connectivity index is 1.70. The smallest absolute Gasteiger partial charge is 0.167 e. The average Bonchev–Trinajstić information content (AvgIpc) is 3.31. The van der Waals surface area contributed by atoms with E-state index in [2.05, 4.69) is 48.8 Å². The Kier molecular flexibility index (Phi) is 4.24. The van der Waals surface area contributed by atoms with Gasteiger partial charge in [-0.25, -0.2) is 0 Å². The summed E-state index contributed by atoms with van der Waals surface area (Å²) in [5.74, 6) is 0. The van der Waals surface area contributed by atoms with Crippen LogP contribution in [-0.2, 0) is 5.41 Å². The van der Waals surface area contributed by atoms with Crippen LogP contribution >= 0.6 is 15.9 Å². The molecule has 0 unspecified atom stereocenters. The molecule has 0 N–H and O–H groups in total. The monoisotopic (exact) mass is 444 g/mol. The molecule has 29 heavy (non-hydrogen) atoms. The fraction of sp³-hybridized carbons (Fsp3) is 0.250. The Labute approximate surface area is 177 Å². The van der Waals surface area contributed by atoms with Crippen LogP contribution in [0.3, 0.4) is 0 Å². The van der Waals surface area contributed by atoms with Gasteiger partial charge in [-0.3, -0.25) is 20.0 Å². The first kappa shape index (κ1) is 18.4. The van der Waals surface area contributed by atoms with Gasteiger partial charge in [-0.15, -0.1) is 0 Å². The van der Waals surface area contributed by atoms with Gasteiger partial charge in [0.05, 0.1) is 21.4 Å². The Bertz CT molecular complexity index is 1200. The quantitative estimate of drug-likeness (QED) is 0.579. The fourth-order valence-corrected chi connectivity index (χ4v) is 4.35. The third-order valence-electron chi connectivity index (χ3n) is 5.36. The molecule has 3 aromatic rings. The summed E-state index contributed by atoms with van der Waals surface area (Å²) in [7, 11) is 0. The minimum absolute atomic E-state index is 0.0128. The zero-order valence-electron chi connectivity index (χ0n) is 16.6. The normalized spacial score (nSPS) is 15.7. The molecular weight excluding hydrogens is 424 g/mol. The summed E-state index contributed by atoms with van der Waals surface area (Å²) in [5, 5.41) is 3.76. The maximum atomic E-state index is 4.86. The molecule has 5 rings (SSSR count). The van der Waals surface area contributed by atoms with Crippen LogP contribution in [0.5, 0.6) is 0 Å². The number of benzene rings is 3. The molecule has 0 spiro atoms. The molecule has 144 valence electrons. The van der Waals surface area contributed by atoms with Crippen molar-refractivity contribution in [2.75, 3.05) is 0 Å². The van der Waals surface area contributed by atoms with Crippen LogP contribution in [0.2, 0.25) is 0 Å². The molecule has 0 aliphatic carbocycles. The van der Waals surface area contributed by atoms with Crippen molar-refractivity contribution in [1.82, 2.24) is 0 Å². The summed E-state index contributed by atoms with van der Waals surface area (Å²) in [5.41, 5.74) is 3.34. The van der Waals surface area contributed by atoms with Crippen molar-refractivity contribution in [3.05, 3.63) is 103 Å². The number of para-hydroxylation sites is 4. The van der Waals surface area contributed by atoms with Gasteiger partial charge in [0.2, 0.25) is 0 Å². The van der Waals surface area contributed by atoms with E-state index in [1.165, 1.54) is 5.56 Å². The Hall–Kier alpha value is -2.66. The molecule has 0 radical (unpaired) electrons. The van der Waals surface area contributed by atoms with Crippen LogP contribution in [0.15, 0.2) is 85.1 Å². The van der Waals surface area contributed by atoms with Crippen LogP contribution in [0.1, 0.15) is 49.8 Å². The predicted molar refractivity (Wildman–Crippen MR) is 116 cm³/mol. The van der Waals surface area contributed by atoms with Crippen LogP contribution in [-0.4, -0.2) is 0 Å². The predicted octanol–water partition coefficient (Wildman–Crippen LogP) is 3.65. The topological polar surface area (TPSA) is 49.4 Å². The molecule has 2 heterocycles. The van der Waals surface area contributed by atoms with Gasteiger partial charge in [0.15, 0.2) is 12.3 Å². The maximum absolute atomic E-state index is 4.86. The second-order valence-electron chi connectivity index (χ2n) is 8.46. The highest BCUT2D eigenvalue weighted by molar-refractivity contribution is 9.10. The van der Waals surface area contributed by atoms with Crippen molar-refractivity contribution in [3.8, 4) is 0 Å². The van der Waals surface area contributed by atoms with Crippen molar-refractivity contribution in [2.45, 2.75) is 38.5 Å². The van der Waals surface area contributed by atoms with Gasteiger partial charge >= 0.3 is 0 Å². The maximum Gasteiger partial charge on any atom is 0.167 e. The standard InChI is InChI=1S/C24H21BrN4/c1-24(2,3)14-12-15(22-26-17-8-4-5-9-18(17)27-22)21(25)16(13-14)23-28-19-10-6-7-11-20(19)29-23/h4-13,22-23H,1-3H3. The summed E-state index contributed by atoms with van der Waals surface area (Å²) in [6.07, 6.45) is -0.516. The lowest BCUT2D eigenvalue weighted by Gasteiger charge is -2.24. The number of rotatable bonds is 2. The molecule has 0 fully saturated rings. The van der Waals surface area contributed by atoms with Gasteiger partial charge in [0.25, 0.3) is 0 Å². The summed E-state index contributed by atoms with van der Waals surface area (Å²) in [6.45, 7) is 6.66. The van der Waals surface area contributed by atoms with E-state index in [0.717, 1.165) is 37.0 Å². The molecule has 0 saturated carbocycles. The molecular formula is C24H21BrN4. The summed E-state index contributed by atoms with van der Waals surface area (Å²) in [6, 6.07) is 20.5. The SMILES string of the molecule is CC(C)(C)c1cc(C2N=c3ccccc3=N2)c(Br)c(C2N=c3ccccc3=N2)c1. The molecule has 2 aliphatic rings. The second-order valence-corrected chi connectivity index (χ2v) is 9.25. The van der Waals surface area contributed by atoms with E-state index in [-0.39, 0.29) is 17.7 Å². The van der Waals surface area contributed by atoms with Crippen molar-refractivity contribution < 1.29 is 0 Å². The summed E-state index contributed by atoms with van der Waals surface area (Å²) < 4.78 is 0.987. The van der Waals surface area contributed by atoms with Gasteiger partial charge in [-0.2, -0.15) is 0 Å². The van der Waals surface area contributed by atoms with E-state index in [0.29, 0.717) is 0 Å². The average molecular weight is 445 g/mol. The van der Waals surface area contributed by atoms with Crippen LogP contribution in [0.4, 0.5) is 0 Å². The lowest BCUT2D eigenvalue weighted by atomic mass is 9.84. The number of hydrogen-bond acceptors (Lipinski definition) is 4. The fourth-order valence-electron chi connectivity index (χ4n) is 3.71. The van der Waals surface area contributed by atoms with Crippen molar-refractivity contribution in [1.29, 1.82) is 0 Å². The second kappa shape index (κ2) is 6.70. The van der Waals surface area contributed by atoms with Crippen LogP contribution < -0.4 is 21.4 Å². The number of fused-ring (bicyclic) bond motifs is 2. The lowest BCUT2D eigenvalue weighted by Crippen LogP contribution is -2.19. The first-order valence-electron chi connectivity index (χ1n) is 9.75. The van der Waals surface area contributed by atoms with Crippen molar-refractivity contribution in [2.24, 2.45) is 20.0 Å². The van der Waals surface area contributed by atoms with Gasteiger partial charge in [-0.05, 0) is 51.2 Å². The molecule has 4 nitrogen and oxygen atoms in total. The number of nitrogens with zero attached hydrogens (tertiary/aromatic N) is 4. The molecule has 0 amide bonds. The lowest BCUT2D eigenvalue weighted by molar-refractivity contribution is 0.584. The first-order chi connectivity index (χ1) is 13.9. The summed E-state index contributed by atoms with van der Waals surface area (Å²) >= 11 is 3.85. The van der Waals surface area contributed by atoms with Gasteiger partial charge in [0.1, 0.15) is 0 Å². The molecule has 0 bridgehead atoms. The van der Waals surface area contributed by atoms with Gasteiger partial charge in [-0.1, -0.05) is 57.2 Å². The third kappa shape index (κ3) is 3.23. The molecule has 0 atom stereocenters. The van der Waals surface area contributed by atoms with E-state index >= 15 is 0 Å². The van der Waals surface area contributed by atoms with E-state index < -0.39 is 0 Å². The highest BCUT2D eigenvalue weighted by Crippen LogP contribution is 2.39. The molecule has 3 aromatic carbocycles. The Morgan fingerprint density at radius 3 is 1.31 bits per heavy atom. The zero-order valence-corrected chi connectivity index (χ0v) is 18.2. The zero-order chi connectivity index (χ0) is 20.2. The van der Waals surface area contributed by atoms with Crippen LogP contribution in [0.25, 0.3) is 0 Å². The van der Waals surface area contributed by atoms with Crippen LogP contribution in [0, 0.1) is 0 Å². The van der Waals surface area contributed by atoms with Crippen molar-refractivity contribution in [3.63, 3.8) is 0 Å². The molecule has 2 aliphatic heterocycles. The van der Waals surface area contributed by atoms with Crippen molar-refractivity contribution >= 4 is 15.9 Å². The third-order valence-corrected chi connectivity index (χ3v) is 6.28.